The number of hydrogen-bond donors (Lipinski definition) is 2. The largest absolute Gasteiger partial charge is 0.381 e. The third-order valence-electron chi connectivity index (χ3n) is 2.84. The molecule has 4 N–H and O–H groups in total. The van der Waals surface area contributed by atoms with Crippen LogP contribution in [0.4, 0.5) is 11.6 Å². The minimum Gasteiger partial charge on any atom is -0.381 e. The van der Waals surface area contributed by atoms with E-state index < -0.39 is 0 Å². The Labute approximate surface area is 115 Å². The molecule has 0 unspecified atom stereocenters. The highest BCUT2D eigenvalue weighted by molar-refractivity contribution is 5.80. The average Bonchev–Trinajstić information content (AvgIpc) is 2.51. The van der Waals surface area contributed by atoms with Crippen molar-refractivity contribution in [2.24, 2.45) is 0 Å². The maximum Gasteiger partial charge on any atom is 0.166 e. The summed E-state index contributed by atoms with van der Waals surface area (Å²) >= 11 is 0. The van der Waals surface area contributed by atoms with Crippen LogP contribution in [-0.4, -0.2) is 19.9 Å². The van der Waals surface area contributed by atoms with Crippen LogP contribution in [0.5, 0.6) is 0 Å². The summed E-state index contributed by atoms with van der Waals surface area (Å²) in [5.74, 6) is 0.422. The zero-order valence-corrected chi connectivity index (χ0v) is 10.6. The van der Waals surface area contributed by atoms with Gasteiger partial charge < -0.3 is 11.5 Å². The van der Waals surface area contributed by atoms with E-state index in [4.69, 9.17) is 11.5 Å². The van der Waals surface area contributed by atoms with Gasteiger partial charge in [-0.15, -0.1) is 0 Å². The van der Waals surface area contributed by atoms with Gasteiger partial charge in [0, 0.05) is 35.9 Å². The van der Waals surface area contributed by atoms with E-state index in [1.165, 1.54) is 0 Å². The molecule has 0 saturated carbocycles. The predicted molar refractivity (Wildman–Crippen MR) is 77.3 cm³/mol. The lowest BCUT2D eigenvalue weighted by Gasteiger charge is -2.10. The summed E-state index contributed by atoms with van der Waals surface area (Å²) in [7, 11) is 0. The Hall–Kier alpha value is -3.02. The number of nitrogens with zero attached hydrogens (tertiary/aromatic N) is 4. The standard InChI is InChI=1S/C14H12N6/c15-13-14(16)20-12(10-2-1-5-18-8-10)11(19-13)9-3-6-17-7-4-9/h1-8H,(H2,15,19)(H2,16,20). The number of aromatic nitrogens is 4. The summed E-state index contributed by atoms with van der Waals surface area (Å²) in [6, 6.07) is 7.43. The molecule has 98 valence electrons. The summed E-state index contributed by atoms with van der Waals surface area (Å²) in [6.45, 7) is 0. The first kappa shape index (κ1) is 12.0. The second-order valence-electron chi connectivity index (χ2n) is 4.17. The van der Waals surface area contributed by atoms with Crippen molar-refractivity contribution in [2.45, 2.75) is 0 Å². The number of anilines is 2. The number of nitrogens with two attached hydrogens (primary N) is 2. The molecule has 3 heterocycles. The summed E-state index contributed by atoms with van der Waals surface area (Å²) in [5, 5.41) is 0. The molecule has 0 aromatic carbocycles. The minimum absolute atomic E-state index is 0.210. The van der Waals surface area contributed by atoms with Gasteiger partial charge in [0.05, 0.1) is 5.69 Å². The Morgan fingerprint density at radius 1 is 0.700 bits per heavy atom. The lowest BCUT2D eigenvalue weighted by atomic mass is 10.1. The lowest BCUT2D eigenvalue weighted by molar-refractivity contribution is 1.21. The molecule has 0 aliphatic carbocycles. The molecule has 6 nitrogen and oxygen atoms in total. The van der Waals surface area contributed by atoms with E-state index in [9.17, 15) is 0 Å². The van der Waals surface area contributed by atoms with Gasteiger partial charge in [0.2, 0.25) is 0 Å². The highest BCUT2D eigenvalue weighted by Crippen LogP contribution is 2.30. The van der Waals surface area contributed by atoms with Crippen molar-refractivity contribution in [1.82, 2.24) is 19.9 Å². The molecule has 0 radical (unpaired) electrons. The SMILES string of the molecule is Nc1nc(-c2ccncc2)c(-c2cccnc2)nc1N. The molecule has 20 heavy (non-hydrogen) atoms. The number of hydrogen-bond acceptors (Lipinski definition) is 6. The molecule has 3 aromatic heterocycles. The second-order valence-corrected chi connectivity index (χ2v) is 4.17. The van der Waals surface area contributed by atoms with Gasteiger partial charge in [-0.2, -0.15) is 0 Å². The summed E-state index contributed by atoms with van der Waals surface area (Å²) < 4.78 is 0. The van der Waals surface area contributed by atoms with Crippen LogP contribution < -0.4 is 11.5 Å². The summed E-state index contributed by atoms with van der Waals surface area (Å²) in [4.78, 5) is 16.8. The van der Waals surface area contributed by atoms with Crippen molar-refractivity contribution >= 4 is 11.6 Å². The van der Waals surface area contributed by atoms with Crippen molar-refractivity contribution in [1.29, 1.82) is 0 Å². The number of rotatable bonds is 2. The van der Waals surface area contributed by atoms with E-state index in [0.29, 0.717) is 11.4 Å². The number of nitrogen functional groups attached to an aromatic ring is 2. The zero-order valence-electron chi connectivity index (χ0n) is 10.6. The van der Waals surface area contributed by atoms with E-state index >= 15 is 0 Å². The fraction of sp³-hybridized carbons (Fsp3) is 0. The van der Waals surface area contributed by atoms with Crippen molar-refractivity contribution in [3.8, 4) is 22.5 Å². The first-order valence-corrected chi connectivity index (χ1v) is 5.99. The summed E-state index contributed by atoms with van der Waals surface area (Å²) in [6.07, 6.45) is 6.79. The number of pyridine rings is 2. The third kappa shape index (κ3) is 2.14. The van der Waals surface area contributed by atoms with Crippen LogP contribution in [0.1, 0.15) is 0 Å². The van der Waals surface area contributed by atoms with Crippen LogP contribution >= 0.6 is 0 Å². The van der Waals surface area contributed by atoms with Crippen LogP contribution in [0.25, 0.3) is 22.5 Å². The predicted octanol–water partition coefficient (Wildman–Crippen LogP) is 1.77. The van der Waals surface area contributed by atoms with E-state index in [-0.39, 0.29) is 11.6 Å². The highest BCUT2D eigenvalue weighted by Gasteiger charge is 2.14. The Balaban J connectivity index is 2.26. The van der Waals surface area contributed by atoms with Gasteiger partial charge in [-0.3, -0.25) is 9.97 Å². The molecule has 0 saturated heterocycles. The fourth-order valence-electron chi connectivity index (χ4n) is 1.88. The van der Waals surface area contributed by atoms with Gasteiger partial charge in [0.1, 0.15) is 5.69 Å². The Morgan fingerprint density at radius 3 is 1.95 bits per heavy atom. The quantitative estimate of drug-likeness (QED) is 0.731. The van der Waals surface area contributed by atoms with E-state index in [0.717, 1.165) is 11.1 Å². The second kappa shape index (κ2) is 4.93. The van der Waals surface area contributed by atoms with Crippen molar-refractivity contribution in [3.05, 3.63) is 49.1 Å². The molecule has 0 spiro atoms. The van der Waals surface area contributed by atoms with Crippen molar-refractivity contribution in [2.75, 3.05) is 11.5 Å². The molecule has 0 aliphatic rings. The monoisotopic (exact) mass is 264 g/mol. The van der Waals surface area contributed by atoms with Gasteiger partial charge in [0.15, 0.2) is 11.6 Å². The first-order valence-electron chi connectivity index (χ1n) is 5.99. The van der Waals surface area contributed by atoms with E-state index in [2.05, 4.69) is 19.9 Å². The van der Waals surface area contributed by atoms with Crippen LogP contribution in [-0.2, 0) is 0 Å². The zero-order chi connectivity index (χ0) is 13.9. The molecule has 0 amide bonds. The molecular weight excluding hydrogens is 252 g/mol. The Kier molecular flexibility index (Phi) is 2.96. The van der Waals surface area contributed by atoms with Crippen molar-refractivity contribution < 1.29 is 0 Å². The third-order valence-corrected chi connectivity index (χ3v) is 2.84. The normalized spacial score (nSPS) is 10.4. The molecule has 0 atom stereocenters. The van der Waals surface area contributed by atoms with Crippen molar-refractivity contribution in [3.63, 3.8) is 0 Å². The van der Waals surface area contributed by atoms with E-state index in [1.807, 2.05) is 24.3 Å². The van der Waals surface area contributed by atoms with Gasteiger partial charge >= 0.3 is 0 Å². The molecule has 3 aromatic rings. The fourth-order valence-corrected chi connectivity index (χ4v) is 1.88. The summed E-state index contributed by atoms with van der Waals surface area (Å²) in [5.41, 5.74) is 14.6. The molecule has 0 bridgehead atoms. The Morgan fingerprint density at radius 2 is 1.35 bits per heavy atom. The van der Waals surface area contributed by atoms with E-state index in [1.54, 1.807) is 24.8 Å². The molecule has 6 heteroatoms. The topological polar surface area (TPSA) is 104 Å². The lowest BCUT2D eigenvalue weighted by Crippen LogP contribution is -2.04. The van der Waals surface area contributed by atoms with Gasteiger partial charge in [0.25, 0.3) is 0 Å². The molecule has 0 fully saturated rings. The van der Waals surface area contributed by atoms with Crippen LogP contribution in [0, 0.1) is 0 Å². The first-order chi connectivity index (χ1) is 9.75. The molecular formula is C14H12N6. The maximum atomic E-state index is 5.78. The molecule has 0 aliphatic heterocycles. The van der Waals surface area contributed by atoms with Gasteiger partial charge in [-0.05, 0) is 24.3 Å². The molecule has 3 rings (SSSR count). The van der Waals surface area contributed by atoms with Gasteiger partial charge in [-0.25, -0.2) is 9.97 Å². The smallest absolute Gasteiger partial charge is 0.166 e. The van der Waals surface area contributed by atoms with Gasteiger partial charge in [-0.1, -0.05) is 0 Å². The minimum atomic E-state index is 0.210. The highest BCUT2D eigenvalue weighted by atomic mass is 15.0. The van der Waals surface area contributed by atoms with Crippen LogP contribution in [0.15, 0.2) is 49.1 Å². The average molecular weight is 264 g/mol. The van der Waals surface area contributed by atoms with Crippen LogP contribution in [0.2, 0.25) is 0 Å². The maximum absolute atomic E-state index is 5.78. The Bertz CT molecular complexity index is 663. The van der Waals surface area contributed by atoms with Crippen LogP contribution in [0.3, 0.4) is 0 Å².